The fourth-order valence-electron chi connectivity index (χ4n) is 1.76. The van der Waals surface area contributed by atoms with Gasteiger partial charge in [-0.15, -0.1) is 0 Å². The number of hydrogen-bond donors (Lipinski definition) is 3. The number of rotatable bonds is 7. The Morgan fingerprint density at radius 2 is 2.11 bits per heavy atom. The van der Waals surface area contributed by atoms with E-state index in [2.05, 4.69) is 15.8 Å². The van der Waals surface area contributed by atoms with Crippen molar-refractivity contribution < 1.29 is 14.4 Å². The zero-order chi connectivity index (χ0) is 14.3. The van der Waals surface area contributed by atoms with Crippen LogP contribution in [0.25, 0.3) is 0 Å². The van der Waals surface area contributed by atoms with Crippen LogP contribution in [0.1, 0.15) is 44.2 Å². The molecule has 1 unspecified atom stereocenters. The number of nitrogens with one attached hydrogen (secondary N) is 2. The number of aliphatic hydroxyl groups is 1. The predicted octanol–water partition coefficient (Wildman–Crippen LogP) is 1.37. The van der Waals surface area contributed by atoms with Crippen molar-refractivity contribution in [3.8, 4) is 0 Å². The second-order valence-electron chi connectivity index (χ2n) is 4.49. The van der Waals surface area contributed by atoms with E-state index in [0.29, 0.717) is 19.5 Å². The molecule has 1 aromatic heterocycles. The van der Waals surface area contributed by atoms with E-state index in [4.69, 9.17) is 9.63 Å². The van der Waals surface area contributed by atoms with Gasteiger partial charge in [0.2, 0.25) is 0 Å². The van der Waals surface area contributed by atoms with Crippen molar-refractivity contribution >= 4 is 6.03 Å². The SMILES string of the molecule is CCc1noc(CC)c1CNC(=O)NCCC(C)O. The number of urea groups is 1. The van der Waals surface area contributed by atoms with E-state index in [-0.39, 0.29) is 6.03 Å². The first-order valence-electron chi connectivity index (χ1n) is 6.74. The summed E-state index contributed by atoms with van der Waals surface area (Å²) < 4.78 is 5.23. The summed E-state index contributed by atoms with van der Waals surface area (Å²) in [6.45, 7) is 6.55. The second kappa shape index (κ2) is 7.78. The minimum Gasteiger partial charge on any atom is -0.393 e. The van der Waals surface area contributed by atoms with Crippen molar-refractivity contribution in [3.05, 3.63) is 17.0 Å². The van der Waals surface area contributed by atoms with Gasteiger partial charge in [0.15, 0.2) is 0 Å². The molecule has 1 rings (SSSR count). The van der Waals surface area contributed by atoms with Gasteiger partial charge in [0.1, 0.15) is 5.76 Å². The molecule has 0 aliphatic heterocycles. The van der Waals surface area contributed by atoms with Crippen LogP contribution in [0.4, 0.5) is 4.79 Å². The largest absolute Gasteiger partial charge is 0.393 e. The summed E-state index contributed by atoms with van der Waals surface area (Å²) in [5.74, 6) is 0.820. The molecule has 6 nitrogen and oxygen atoms in total. The average molecular weight is 269 g/mol. The number of aliphatic hydroxyl groups excluding tert-OH is 1. The molecule has 0 aliphatic carbocycles. The molecule has 1 heterocycles. The van der Waals surface area contributed by atoms with Crippen molar-refractivity contribution in [2.75, 3.05) is 6.54 Å². The first-order valence-corrected chi connectivity index (χ1v) is 6.74. The lowest BCUT2D eigenvalue weighted by Gasteiger charge is -2.09. The van der Waals surface area contributed by atoms with Crippen molar-refractivity contribution in [2.45, 2.75) is 52.7 Å². The third-order valence-electron chi connectivity index (χ3n) is 2.88. The summed E-state index contributed by atoms with van der Waals surface area (Å²) in [4.78, 5) is 11.6. The van der Waals surface area contributed by atoms with Crippen LogP contribution in [0.2, 0.25) is 0 Å². The van der Waals surface area contributed by atoms with Crippen LogP contribution >= 0.6 is 0 Å². The molecule has 0 saturated heterocycles. The van der Waals surface area contributed by atoms with E-state index in [9.17, 15) is 4.79 Å². The van der Waals surface area contributed by atoms with E-state index in [1.165, 1.54) is 0 Å². The summed E-state index contributed by atoms with van der Waals surface area (Å²) in [6, 6.07) is -0.244. The molecule has 1 aromatic rings. The molecular weight excluding hydrogens is 246 g/mol. The van der Waals surface area contributed by atoms with Gasteiger partial charge in [0.25, 0.3) is 0 Å². The first-order chi connectivity index (χ1) is 9.08. The molecule has 0 aliphatic rings. The molecule has 2 amide bonds. The molecule has 0 saturated carbocycles. The monoisotopic (exact) mass is 269 g/mol. The standard InChI is InChI=1S/C13H23N3O3/c1-4-11-10(12(5-2)19-16-11)8-15-13(18)14-7-6-9(3)17/h9,17H,4-8H2,1-3H3,(H2,14,15,18). The van der Waals surface area contributed by atoms with Gasteiger partial charge >= 0.3 is 6.03 Å². The smallest absolute Gasteiger partial charge is 0.315 e. The third-order valence-corrected chi connectivity index (χ3v) is 2.88. The fourth-order valence-corrected chi connectivity index (χ4v) is 1.76. The Kier molecular flexibility index (Phi) is 6.35. The van der Waals surface area contributed by atoms with Crippen molar-refractivity contribution in [1.29, 1.82) is 0 Å². The lowest BCUT2D eigenvalue weighted by molar-refractivity contribution is 0.183. The summed E-state index contributed by atoms with van der Waals surface area (Å²) in [5.41, 5.74) is 1.86. The Morgan fingerprint density at radius 3 is 2.68 bits per heavy atom. The molecule has 0 radical (unpaired) electrons. The maximum atomic E-state index is 11.6. The number of amides is 2. The summed E-state index contributed by atoms with van der Waals surface area (Å²) in [7, 11) is 0. The average Bonchev–Trinajstić information content (AvgIpc) is 2.77. The van der Waals surface area contributed by atoms with E-state index in [1.807, 2.05) is 13.8 Å². The van der Waals surface area contributed by atoms with Crippen LogP contribution in [0.15, 0.2) is 4.52 Å². The van der Waals surface area contributed by atoms with Gasteiger partial charge < -0.3 is 20.3 Å². The molecule has 0 bridgehead atoms. The molecule has 0 aromatic carbocycles. The minimum absolute atomic E-state index is 0.244. The maximum absolute atomic E-state index is 11.6. The van der Waals surface area contributed by atoms with Gasteiger partial charge in [-0.3, -0.25) is 0 Å². The molecule has 19 heavy (non-hydrogen) atoms. The van der Waals surface area contributed by atoms with Gasteiger partial charge in [-0.25, -0.2) is 4.79 Å². The molecule has 0 fully saturated rings. The second-order valence-corrected chi connectivity index (χ2v) is 4.49. The van der Waals surface area contributed by atoms with Crippen LogP contribution in [-0.4, -0.2) is 28.9 Å². The van der Waals surface area contributed by atoms with Gasteiger partial charge in [-0.05, 0) is 19.8 Å². The van der Waals surface area contributed by atoms with Crippen LogP contribution < -0.4 is 10.6 Å². The number of aryl methyl sites for hydroxylation is 2. The highest BCUT2D eigenvalue weighted by molar-refractivity contribution is 5.73. The molecule has 0 spiro atoms. The van der Waals surface area contributed by atoms with Crippen molar-refractivity contribution in [3.63, 3.8) is 0 Å². The van der Waals surface area contributed by atoms with Crippen LogP contribution in [-0.2, 0) is 19.4 Å². The van der Waals surface area contributed by atoms with Crippen molar-refractivity contribution in [1.82, 2.24) is 15.8 Å². The lowest BCUT2D eigenvalue weighted by atomic mass is 10.1. The Balaban J connectivity index is 2.43. The Labute approximate surface area is 113 Å². The highest BCUT2D eigenvalue weighted by Crippen LogP contribution is 2.15. The minimum atomic E-state index is -0.406. The van der Waals surface area contributed by atoms with E-state index >= 15 is 0 Å². The normalized spacial score (nSPS) is 12.2. The molecule has 108 valence electrons. The van der Waals surface area contributed by atoms with E-state index < -0.39 is 6.10 Å². The van der Waals surface area contributed by atoms with Crippen LogP contribution in [0, 0.1) is 0 Å². The zero-order valence-corrected chi connectivity index (χ0v) is 11.8. The topological polar surface area (TPSA) is 87.4 Å². The first kappa shape index (κ1) is 15.5. The number of nitrogens with zero attached hydrogens (tertiary/aromatic N) is 1. The van der Waals surface area contributed by atoms with Crippen molar-refractivity contribution in [2.24, 2.45) is 0 Å². The van der Waals surface area contributed by atoms with E-state index in [0.717, 1.165) is 29.9 Å². The molecular formula is C13H23N3O3. The van der Waals surface area contributed by atoms with Crippen LogP contribution in [0.5, 0.6) is 0 Å². The summed E-state index contributed by atoms with van der Waals surface area (Å²) in [6.07, 6.45) is 1.68. The lowest BCUT2D eigenvalue weighted by Crippen LogP contribution is -2.36. The predicted molar refractivity (Wildman–Crippen MR) is 71.8 cm³/mol. The molecule has 6 heteroatoms. The fraction of sp³-hybridized carbons (Fsp3) is 0.692. The molecule has 3 N–H and O–H groups in total. The van der Waals surface area contributed by atoms with E-state index in [1.54, 1.807) is 6.92 Å². The van der Waals surface area contributed by atoms with Gasteiger partial charge in [-0.2, -0.15) is 0 Å². The summed E-state index contributed by atoms with van der Waals surface area (Å²) >= 11 is 0. The Bertz CT molecular complexity index is 380. The number of hydrogen-bond acceptors (Lipinski definition) is 4. The number of carbonyl (C=O) groups excluding carboxylic acids is 1. The highest BCUT2D eigenvalue weighted by Gasteiger charge is 2.13. The van der Waals surface area contributed by atoms with Gasteiger partial charge in [0.05, 0.1) is 11.8 Å². The number of carbonyl (C=O) groups is 1. The highest BCUT2D eigenvalue weighted by atomic mass is 16.5. The molecule has 1 atom stereocenters. The summed E-state index contributed by atoms with van der Waals surface area (Å²) in [5, 5.41) is 18.5. The third kappa shape index (κ3) is 4.90. The maximum Gasteiger partial charge on any atom is 0.315 e. The van der Waals surface area contributed by atoms with Crippen LogP contribution in [0.3, 0.4) is 0 Å². The number of aromatic nitrogens is 1. The van der Waals surface area contributed by atoms with Gasteiger partial charge in [0, 0.05) is 25.1 Å². The Morgan fingerprint density at radius 1 is 1.37 bits per heavy atom. The van der Waals surface area contributed by atoms with Gasteiger partial charge in [-0.1, -0.05) is 19.0 Å². The zero-order valence-electron chi connectivity index (χ0n) is 11.8. The quantitative estimate of drug-likeness (QED) is 0.697. The Hall–Kier alpha value is -1.56.